The summed E-state index contributed by atoms with van der Waals surface area (Å²) in [5.41, 5.74) is 7.38. The van der Waals surface area contributed by atoms with E-state index in [1.165, 1.54) is 25.7 Å². The van der Waals surface area contributed by atoms with Gasteiger partial charge < -0.3 is 10.5 Å². The van der Waals surface area contributed by atoms with Crippen LogP contribution in [0, 0.1) is 0 Å². The van der Waals surface area contributed by atoms with Crippen molar-refractivity contribution in [3.05, 3.63) is 47.8 Å². The lowest BCUT2D eigenvalue weighted by atomic mass is 10.2. The Labute approximate surface area is 129 Å². The summed E-state index contributed by atoms with van der Waals surface area (Å²) in [5, 5.41) is 4.60. The summed E-state index contributed by atoms with van der Waals surface area (Å²) in [4.78, 5) is 0.400. The van der Waals surface area contributed by atoms with Gasteiger partial charge >= 0.3 is 0 Å². The first-order valence-corrected chi connectivity index (χ1v) is 7.70. The molecule has 1 fully saturated rings. The third kappa shape index (κ3) is 3.42. The van der Waals surface area contributed by atoms with E-state index in [9.17, 15) is 0 Å². The van der Waals surface area contributed by atoms with E-state index in [0.717, 1.165) is 17.0 Å². The topological polar surface area (TPSA) is 53.1 Å². The molecule has 3 rings (SSSR count). The maximum atomic E-state index is 5.74. The molecule has 0 spiro atoms. The van der Waals surface area contributed by atoms with Gasteiger partial charge in [0.05, 0.1) is 11.7 Å². The highest BCUT2D eigenvalue weighted by atomic mass is 32.1. The highest BCUT2D eigenvalue weighted by molar-refractivity contribution is 7.80. The Hall–Kier alpha value is -1.88. The lowest BCUT2D eigenvalue weighted by molar-refractivity contribution is 0.298. The molecular formula is C16H19N3OS. The molecule has 0 radical (unpaired) electrons. The van der Waals surface area contributed by atoms with Crippen molar-refractivity contribution in [2.45, 2.75) is 38.3 Å². The third-order valence-electron chi connectivity index (χ3n) is 3.89. The van der Waals surface area contributed by atoms with Gasteiger partial charge in [-0.3, -0.25) is 4.68 Å². The maximum absolute atomic E-state index is 5.74. The Morgan fingerprint density at radius 2 is 1.95 bits per heavy atom. The van der Waals surface area contributed by atoms with Crippen molar-refractivity contribution in [1.82, 2.24) is 9.78 Å². The van der Waals surface area contributed by atoms with E-state index in [1.807, 2.05) is 30.3 Å². The Morgan fingerprint density at radius 1 is 1.24 bits per heavy atom. The quantitative estimate of drug-likeness (QED) is 0.862. The summed E-state index contributed by atoms with van der Waals surface area (Å²) in [5.74, 6) is 0.797. The minimum atomic E-state index is 0.400. The molecule has 2 aromatic rings. The molecule has 0 atom stereocenters. The summed E-state index contributed by atoms with van der Waals surface area (Å²) in [7, 11) is 0. The standard InChI is InChI=1S/C16H19N3OS/c17-16(21)12-5-7-15(8-6-12)20-11-13-9-10-19(18-13)14-3-1-2-4-14/h5-10,14H,1-4,11H2,(H2,17,21). The van der Waals surface area contributed by atoms with Crippen LogP contribution in [0.25, 0.3) is 0 Å². The molecule has 2 N–H and O–H groups in total. The fourth-order valence-corrected chi connectivity index (χ4v) is 2.84. The Kier molecular flexibility index (Phi) is 4.20. The van der Waals surface area contributed by atoms with Crippen LogP contribution < -0.4 is 10.5 Å². The van der Waals surface area contributed by atoms with Crippen LogP contribution in [0.4, 0.5) is 0 Å². The van der Waals surface area contributed by atoms with Crippen LogP contribution in [0.5, 0.6) is 5.75 Å². The van der Waals surface area contributed by atoms with E-state index < -0.39 is 0 Å². The van der Waals surface area contributed by atoms with Crippen LogP contribution in [0.3, 0.4) is 0 Å². The number of thiocarbonyl (C=S) groups is 1. The molecule has 0 unspecified atom stereocenters. The zero-order valence-corrected chi connectivity index (χ0v) is 12.7. The molecule has 110 valence electrons. The molecule has 0 bridgehead atoms. The molecule has 1 aliphatic carbocycles. The Morgan fingerprint density at radius 3 is 2.62 bits per heavy atom. The second-order valence-electron chi connectivity index (χ2n) is 5.40. The molecule has 1 aromatic heterocycles. The normalized spacial score (nSPS) is 15.2. The first-order chi connectivity index (χ1) is 10.2. The van der Waals surface area contributed by atoms with Crippen molar-refractivity contribution in [2.24, 2.45) is 5.73 Å². The fourth-order valence-electron chi connectivity index (χ4n) is 2.70. The van der Waals surface area contributed by atoms with E-state index in [1.54, 1.807) is 0 Å². The van der Waals surface area contributed by atoms with E-state index in [-0.39, 0.29) is 0 Å². The van der Waals surface area contributed by atoms with Crippen LogP contribution in [0.15, 0.2) is 36.5 Å². The highest BCUT2D eigenvalue weighted by Crippen LogP contribution is 2.28. The number of nitrogens with two attached hydrogens (primary N) is 1. The molecule has 5 heteroatoms. The third-order valence-corrected chi connectivity index (χ3v) is 4.12. The summed E-state index contributed by atoms with van der Waals surface area (Å²) in [6.07, 6.45) is 7.16. The van der Waals surface area contributed by atoms with E-state index in [2.05, 4.69) is 16.0 Å². The number of nitrogens with zero attached hydrogens (tertiary/aromatic N) is 2. The van der Waals surface area contributed by atoms with Gasteiger partial charge in [0.1, 0.15) is 17.3 Å². The zero-order valence-electron chi connectivity index (χ0n) is 11.9. The van der Waals surface area contributed by atoms with Crippen LogP contribution >= 0.6 is 12.2 Å². The van der Waals surface area contributed by atoms with Crippen molar-refractivity contribution < 1.29 is 4.74 Å². The molecule has 1 heterocycles. The zero-order chi connectivity index (χ0) is 14.7. The predicted molar refractivity (Wildman–Crippen MR) is 86.4 cm³/mol. The molecule has 21 heavy (non-hydrogen) atoms. The maximum Gasteiger partial charge on any atom is 0.132 e. The van der Waals surface area contributed by atoms with Gasteiger partial charge in [-0.25, -0.2) is 0 Å². The molecule has 1 saturated carbocycles. The number of ether oxygens (including phenoxy) is 1. The highest BCUT2D eigenvalue weighted by Gasteiger charge is 2.17. The van der Waals surface area contributed by atoms with Gasteiger partial charge in [-0.1, -0.05) is 25.1 Å². The summed E-state index contributed by atoms with van der Waals surface area (Å²) >= 11 is 4.93. The summed E-state index contributed by atoms with van der Waals surface area (Å²) < 4.78 is 7.83. The van der Waals surface area contributed by atoms with Crippen LogP contribution in [-0.2, 0) is 6.61 Å². The van der Waals surface area contributed by atoms with Crippen molar-refractivity contribution in [3.8, 4) is 5.75 Å². The van der Waals surface area contributed by atoms with Crippen LogP contribution in [0.1, 0.15) is 43.0 Å². The van der Waals surface area contributed by atoms with Crippen molar-refractivity contribution in [2.75, 3.05) is 0 Å². The van der Waals surface area contributed by atoms with Gasteiger partial charge in [-0.15, -0.1) is 0 Å². The molecule has 4 nitrogen and oxygen atoms in total. The average molecular weight is 301 g/mol. The Bertz CT molecular complexity index is 615. The van der Waals surface area contributed by atoms with E-state index in [4.69, 9.17) is 22.7 Å². The van der Waals surface area contributed by atoms with E-state index in [0.29, 0.717) is 17.6 Å². The molecule has 0 amide bonds. The number of hydrogen-bond acceptors (Lipinski definition) is 3. The molecule has 0 saturated heterocycles. The molecule has 1 aromatic carbocycles. The minimum Gasteiger partial charge on any atom is -0.487 e. The first kappa shape index (κ1) is 14.1. The smallest absolute Gasteiger partial charge is 0.132 e. The minimum absolute atomic E-state index is 0.400. The van der Waals surface area contributed by atoms with Crippen LogP contribution in [-0.4, -0.2) is 14.8 Å². The van der Waals surface area contributed by atoms with Gasteiger partial charge in [0.25, 0.3) is 0 Å². The second kappa shape index (κ2) is 6.26. The average Bonchev–Trinajstić information content (AvgIpc) is 3.16. The summed E-state index contributed by atoms with van der Waals surface area (Å²) in [6, 6.07) is 10.1. The lowest BCUT2D eigenvalue weighted by Gasteiger charge is -2.09. The van der Waals surface area contributed by atoms with Gasteiger partial charge in [0.2, 0.25) is 0 Å². The van der Waals surface area contributed by atoms with Crippen molar-refractivity contribution in [1.29, 1.82) is 0 Å². The molecule has 1 aliphatic rings. The molecule has 0 aliphatic heterocycles. The number of benzene rings is 1. The number of aromatic nitrogens is 2. The van der Waals surface area contributed by atoms with Crippen molar-refractivity contribution >= 4 is 17.2 Å². The predicted octanol–water partition coefficient (Wildman–Crippen LogP) is 3.21. The summed E-state index contributed by atoms with van der Waals surface area (Å²) in [6.45, 7) is 0.478. The fraction of sp³-hybridized carbons (Fsp3) is 0.375. The lowest BCUT2D eigenvalue weighted by Crippen LogP contribution is -2.09. The molecular weight excluding hydrogens is 282 g/mol. The largest absolute Gasteiger partial charge is 0.487 e. The van der Waals surface area contributed by atoms with Gasteiger partial charge in [0.15, 0.2) is 0 Å². The first-order valence-electron chi connectivity index (χ1n) is 7.29. The van der Waals surface area contributed by atoms with E-state index >= 15 is 0 Å². The van der Waals surface area contributed by atoms with Gasteiger partial charge in [-0.2, -0.15) is 5.10 Å². The number of rotatable bonds is 5. The van der Waals surface area contributed by atoms with Crippen molar-refractivity contribution in [3.63, 3.8) is 0 Å². The Balaban J connectivity index is 1.58. The van der Waals surface area contributed by atoms with Crippen LogP contribution in [0.2, 0.25) is 0 Å². The SMILES string of the molecule is NC(=S)c1ccc(OCc2ccn(C3CCCC3)n2)cc1. The second-order valence-corrected chi connectivity index (χ2v) is 5.84. The monoisotopic (exact) mass is 301 g/mol. The number of hydrogen-bond donors (Lipinski definition) is 1. The van der Waals surface area contributed by atoms with Gasteiger partial charge in [-0.05, 0) is 43.2 Å². The van der Waals surface area contributed by atoms with Gasteiger partial charge in [0, 0.05) is 11.8 Å².